The van der Waals surface area contributed by atoms with Crippen LogP contribution in [0, 0.1) is 16.0 Å². The molecule has 0 spiro atoms. The summed E-state index contributed by atoms with van der Waals surface area (Å²) in [5, 5.41) is 30.2. The number of fused-ring (bicyclic) bond motifs is 1. The smallest absolute Gasteiger partial charge is 0.319 e. The molecule has 1 aliphatic rings. The molecule has 2 N–H and O–H groups in total. The van der Waals surface area contributed by atoms with Crippen LogP contribution in [0.25, 0.3) is 0 Å². The van der Waals surface area contributed by atoms with Gasteiger partial charge in [-0.25, -0.2) is 0 Å². The van der Waals surface area contributed by atoms with Crippen molar-refractivity contribution in [3.05, 3.63) is 63.7 Å². The minimum atomic E-state index is -1.05. The summed E-state index contributed by atoms with van der Waals surface area (Å²) in [5.74, 6) is -4.22. The standard InChI is InChI=1S/C19H17NO7/c1-2-13(18(22)23)17-14-8-7-12(21)9-15(14)27-19(24)16(17)10-3-5-11(6-4-10)20(25)26/h3-9,13,16-17,21H,2H2,1H3,(H,22,23). The molecule has 3 rings (SSSR count). The largest absolute Gasteiger partial charge is 0.508 e. The van der Waals surface area contributed by atoms with Crippen molar-refractivity contribution in [3.8, 4) is 11.5 Å². The average molecular weight is 371 g/mol. The number of esters is 1. The van der Waals surface area contributed by atoms with E-state index in [1.54, 1.807) is 13.0 Å². The number of nitro groups is 1. The number of benzene rings is 2. The summed E-state index contributed by atoms with van der Waals surface area (Å²) in [7, 11) is 0. The second-order valence-corrected chi connectivity index (χ2v) is 6.35. The van der Waals surface area contributed by atoms with Crippen molar-refractivity contribution in [2.45, 2.75) is 25.2 Å². The van der Waals surface area contributed by atoms with Gasteiger partial charge in [0.1, 0.15) is 11.5 Å². The third kappa shape index (κ3) is 3.33. The molecule has 0 amide bonds. The van der Waals surface area contributed by atoms with Gasteiger partial charge in [-0.3, -0.25) is 19.7 Å². The third-order valence-corrected chi connectivity index (χ3v) is 4.83. The maximum absolute atomic E-state index is 12.7. The lowest BCUT2D eigenvalue weighted by atomic mass is 9.71. The minimum absolute atomic E-state index is 0.0996. The number of rotatable bonds is 5. The summed E-state index contributed by atoms with van der Waals surface area (Å²) < 4.78 is 5.34. The van der Waals surface area contributed by atoms with Gasteiger partial charge in [0, 0.05) is 29.7 Å². The summed E-state index contributed by atoms with van der Waals surface area (Å²) in [4.78, 5) is 34.9. The fourth-order valence-corrected chi connectivity index (χ4v) is 3.56. The van der Waals surface area contributed by atoms with E-state index in [2.05, 4.69) is 0 Å². The maximum Gasteiger partial charge on any atom is 0.319 e. The quantitative estimate of drug-likeness (QED) is 0.357. The molecule has 0 radical (unpaired) electrons. The number of phenolic OH excluding ortho intramolecular Hbond substituents is 1. The first-order valence-corrected chi connectivity index (χ1v) is 8.35. The molecule has 3 atom stereocenters. The maximum atomic E-state index is 12.7. The molecule has 27 heavy (non-hydrogen) atoms. The van der Waals surface area contributed by atoms with E-state index >= 15 is 0 Å². The number of non-ortho nitro benzene ring substituents is 1. The molecule has 1 aliphatic heterocycles. The van der Waals surface area contributed by atoms with Gasteiger partial charge in [-0.2, -0.15) is 0 Å². The number of nitrogens with zero attached hydrogens (tertiary/aromatic N) is 1. The summed E-state index contributed by atoms with van der Waals surface area (Å²) >= 11 is 0. The van der Waals surface area contributed by atoms with Crippen molar-refractivity contribution in [3.63, 3.8) is 0 Å². The van der Waals surface area contributed by atoms with E-state index in [0.717, 1.165) is 0 Å². The van der Waals surface area contributed by atoms with Crippen molar-refractivity contribution < 1.29 is 29.5 Å². The van der Waals surface area contributed by atoms with Gasteiger partial charge in [0.15, 0.2) is 0 Å². The van der Waals surface area contributed by atoms with Crippen LogP contribution in [0.15, 0.2) is 42.5 Å². The van der Waals surface area contributed by atoms with E-state index in [4.69, 9.17) is 4.74 Å². The highest BCUT2D eigenvalue weighted by Gasteiger charge is 2.45. The number of nitro benzene ring substituents is 1. The van der Waals surface area contributed by atoms with E-state index in [-0.39, 0.29) is 23.6 Å². The van der Waals surface area contributed by atoms with Crippen LogP contribution >= 0.6 is 0 Å². The lowest BCUT2D eigenvalue weighted by Crippen LogP contribution is -2.36. The van der Waals surface area contributed by atoms with Gasteiger partial charge in [-0.1, -0.05) is 25.1 Å². The number of carbonyl (C=O) groups excluding carboxylic acids is 1. The molecule has 8 heteroatoms. The molecular formula is C19H17NO7. The van der Waals surface area contributed by atoms with Gasteiger partial charge in [0.2, 0.25) is 0 Å². The number of carboxylic acid groups (broad SMARTS) is 1. The minimum Gasteiger partial charge on any atom is -0.508 e. The summed E-state index contributed by atoms with van der Waals surface area (Å²) in [5.41, 5.74) is 0.814. The van der Waals surface area contributed by atoms with Gasteiger partial charge < -0.3 is 14.9 Å². The molecule has 0 saturated heterocycles. The third-order valence-electron chi connectivity index (χ3n) is 4.83. The second-order valence-electron chi connectivity index (χ2n) is 6.35. The zero-order chi connectivity index (χ0) is 19.7. The summed E-state index contributed by atoms with van der Waals surface area (Å²) in [6, 6.07) is 9.66. The SMILES string of the molecule is CCC(C(=O)O)C1c2ccc(O)cc2OC(=O)C1c1ccc([N+](=O)[O-])cc1. The monoisotopic (exact) mass is 371 g/mol. The van der Waals surface area contributed by atoms with E-state index < -0.39 is 34.6 Å². The molecule has 0 fully saturated rings. The van der Waals surface area contributed by atoms with Gasteiger partial charge >= 0.3 is 11.9 Å². The van der Waals surface area contributed by atoms with E-state index in [1.807, 2.05) is 0 Å². The van der Waals surface area contributed by atoms with Crippen LogP contribution in [0.4, 0.5) is 5.69 Å². The predicted molar refractivity (Wildman–Crippen MR) is 93.7 cm³/mol. The highest BCUT2D eigenvalue weighted by Crippen LogP contribution is 2.48. The normalized spacial score (nSPS) is 19.7. The van der Waals surface area contributed by atoms with Crippen molar-refractivity contribution in [2.24, 2.45) is 5.92 Å². The number of ether oxygens (including phenoxy) is 1. The Bertz CT molecular complexity index is 907. The zero-order valence-corrected chi connectivity index (χ0v) is 14.4. The molecule has 2 aromatic rings. The molecule has 0 saturated carbocycles. The molecule has 8 nitrogen and oxygen atoms in total. The Labute approximate surface area is 154 Å². The molecule has 2 aromatic carbocycles. The highest BCUT2D eigenvalue weighted by molar-refractivity contribution is 5.86. The Hall–Kier alpha value is -3.42. The Balaban J connectivity index is 2.15. The van der Waals surface area contributed by atoms with E-state index in [9.17, 15) is 29.9 Å². The molecule has 1 heterocycles. The fraction of sp³-hybridized carbons (Fsp3) is 0.263. The van der Waals surface area contributed by atoms with Crippen molar-refractivity contribution in [1.82, 2.24) is 0 Å². The molecule has 0 bridgehead atoms. The van der Waals surface area contributed by atoms with Crippen LogP contribution in [0.1, 0.15) is 36.3 Å². The molecule has 140 valence electrons. The van der Waals surface area contributed by atoms with Gasteiger partial charge in [-0.05, 0) is 18.1 Å². The topological polar surface area (TPSA) is 127 Å². The Kier molecular flexibility index (Phi) is 4.81. The highest BCUT2D eigenvalue weighted by atomic mass is 16.6. The van der Waals surface area contributed by atoms with Crippen molar-refractivity contribution in [1.29, 1.82) is 0 Å². The molecule has 0 aliphatic carbocycles. The van der Waals surface area contributed by atoms with E-state index in [1.165, 1.54) is 36.4 Å². The van der Waals surface area contributed by atoms with Crippen molar-refractivity contribution in [2.75, 3.05) is 0 Å². The predicted octanol–water partition coefficient (Wildman–Crippen LogP) is 3.20. The first-order chi connectivity index (χ1) is 12.8. The first-order valence-electron chi connectivity index (χ1n) is 8.35. The van der Waals surface area contributed by atoms with Crippen LogP contribution in [-0.4, -0.2) is 27.1 Å². The summed E-state index contributed by atoms with van der Waals surface area (Å²) in [6.45, 7) is 1.71. The number of phenols is 1. The van der Waals surface area contributed by atoms with Crippen LogP contribution in [0.3, 0.4) is 0 Å². The lowest BCUT2D eigenvalue weighted by molar-refractivity contribution is -0.384. The zero-order valence-electron chi connectivity index (χ0n) is 14.4. The number of hydrogen-bond donors (Lipinski definition) is 2. The number of carboxylic acids is 1. The average Bonchev–Trinajstić information content (AvgIpc) is 2.61. The van der Waals surface area contributed by atoms with Crippen LogP contribution in [0.2, 0.25) is 0 Å². The second kappa shape index (κ2) is 7.06. The Morgan fingerprint density at radius 2 is 1.93 bits per heavy atom. The fourth-order valence-electron chi connectivity index (χ4n) is 3.56. The van der Waals surface area contributed by atoms with E-state index in [0.29, 0.717) is 11.1 Å². The van der Waals surface area contributed by atoms with Crippen molar-refractivity contribution >= 4 is 17.6 Å². The first kappa shape index (κ1) is 18.4. The van der Waals surface area contributed by atoms with Gasteiger partial charge in [0.25, 0.3) is 5.69 Å². The van der Waals surface area contributed by atoms with Crippen LogP contribution < -0.4 is 4.74 Å². The number of hydrogen-bond acceptors (Lipinski definition) is 6. The van der Waals surface area contributed by atoms with Gasteiger partial charge in [-0.15, -0.1) is 0 Å². The summed E-state index contributed by atoms with van der Waals surface area (Å²) in [6.07, 6.45) is 0.275. The molecular weight excluding hydrogens is 354 g/mol. The number of aliphatic carboxylic acids is 1. The molecule has 0 aromatic heterocycles. The van der Waals surface area contributed by atoms with Gasteiger partial charge in [0.05, 0.1) is 16.8 Å². The Morgan fingerprint density at radius 3 is 2.48 bits per heavy atom. The van der Waals surface area contributed by atoms with Crippen LogP contribution in [-0.2, 0) is 9.59 Å². The Morgan fingerprint density at radius 1 is 1.26 bits per heavy atom. The number of aromatic hydroxyl groups is 1. The van der Waals surface area contributed by atoms with Crippen LogP contribution in [0.5, 0.6) is 11.5 Å². The lowest BCUT2D eigenvalue weighted by Gasteiger charge is -2.35. The molecule has 3 unspecified atom stereocenters. The number of carbonyl (C=O) groups is 2.